The molecule has 0 aliphatic rings. The van der Waals surface area contributed by atoms with Crippen LogP contribution in [-0.2, 0) is 4.79 Å². The Kier molecular flexibility index (Phi) is 5.01. The lowest BCUT2D eigenvalue weighted by atomic mass is 10.5. The van der Waals surface area contributed by atoms with Gasteiger partial charge in [-0.05, 0) is 28.1 Å². The van der Waals surface area contributed by atoms with Crippen molar-refractivity contribution in [2.75, 3.05) is 0 Å². The lowest BCUT2D eigenvalue weighted by Gasteiger charge is -1.80. The fourth-order valence-electron chi connectivity index (χ4n) is 0.342. The van der Waals surface area contributed by atoms with E-state index in [1.807, 2.05) is 18.9 Å². The molecule has 1 aromatic rings. The van der Waals surface area contributed by atoms with Crippen molar-refractivity contribution in [2.24, 2.45) is 0 Å². The number of rotatable bonds is 0. The van der Waals surface area contributed by atoms with E-state index in [1.165, 1.54) is 0 Å². The average Bonchev–Trinajstić information content (AvgIpc) is 1.94. The van der Waals surface area contributed by atoms with Crippen molar-refractivity contribution in [3.63, 3.8) is 0 Å². The SMILES string of the molecule is Brc1cccnc1.C=O. The molecule has 9 heavy (non-hydrogen) atoms. The molecule has 0 aromatic carbocycles. The first kappa shape index (κ1) is 8.30. The van der Waals surface area contributed by atoms with Gasteiger partial charge in [-0.3, -0.25) is 4.98 Å². The predicted octanol–water partition coefficient (Wildman–Crippen LogP) is 1.66. The molecule has 1 aromatic heterocycles. The van der Waals surface area contributed by atoms with Gasteiger partial charge in [0.15, 0.2) is 0 Å². The molecular weight excluding hydrogens is 182 g/mol. The van der Waals surface area contributed by atoms with Crippen LogP contribution in [0.15, 0.2) is 29.0 Å². The Morgan fingerprint density at radius 2 is 2.22 bits per heavy atom. The molecule has 0 atom stereocenters. The topological polar surface area (TPSA) is 30.0 Å². The molecule has 1 heterocycles. The number of aromatic nitrogens is 1. The number of halogens is 1. The number of hydrogen-bond acceptors (Lipinski definition) is 2. The van der Waals surface area contributed by atoms with E-state index >= 15 is 0 Å². The third kappa shape index (κ3) is 3.85. The maximum absolute atomic E-state index is 8.00. The fourth-order valence-corrected chi connectivity index (χ4v) is 0.613. The molecule has 0 aliphatic heterocycles. The van der Waals surface area contributed by atoms with Crippen LogP contribution in [0.2, 0.25) is 0 Å². The number of pyridine rings is 1. The van der Waals surface area contributed by atoms with Gasteiger partial charge in [-0.25, -0.2) is 0 Å². The van der Waals surface area contributed by atoms with E-state index in [9.17, 15) is 0 Å². The summed E-state index contributed by atoms with van der Waals surface area (Å²) in [7, 11) is 0. The molecule has 0 spiro atoms. The largest absolute Gasteiger partial charge is 0.307 e. The minimum atomic E-state index is 1.02. The van der Waals surface area contributed by atoms with Crippen LogP contribution in [-0.4, -0.2) is 11.8 Å². The van der Waals surface area contributed by atoms with Gasteiger partial charge >= 0.3 is 0 Å². The van der Waals surface area contributed by atoms with Crippen LogP contribution in [0.25, 0.3) is 0 Å². The molecule has 0 saturated carbocycles. The van der Waals surface area contributed by atoms with Crippen LogP contribution in [0.3, 0.4) is 0 Å². The molecule has 0 N–H and O–H groups in total. The van der Waals surface area contributed by atoms with Crippen molar-refractivity contribution in [3.8, 4) is 0 Å². The monoisotopic (exact) mass is 187 g/mol. The van der Waals surface area contributed by atoms with Gasteiger partial charge in [0.1, 0.15) is 6.79 Å². The van der Waals surface area contributed by atoms with E-state index in [-0.39, 0.29) is 0 Å². The highest BCUT2D eigenvalue weighted by Gasteiger charge is 1.75. The molecule has 2 nitrogen and oxygen atoms in total. The smallest absolute Gasteiger partial charge is 0.106 e. The Balaban J connectivity index is 0.000000291. The Morgan fingerprint density at radius 3 is 2.44 bits per heavy atom. The van der Waals surface area contributed by atoms with Crippen molar-refractivity contribution in [2.45, 2.75) is 0 Å². The van der Waals surface area contributed by atoms with Crippen LogP contribution < -0.4 is 0 Å². The van der Waals surface area contributed by atoms with E-state index in [1.54, 1.807) is 12.4 Å². The average molecular weight is 188 g/mol. The lowest BCUT2D eigenvalue weighted by molar-refractivity contribution is -0.0979. The molecular formula is C6H6BrNO. The van der Waals surface area contributed by atoms with E-state index < -0.39 is 0 Å². The Hall–Kier alpha value is -0.700. The Morgan fingerprint density at radius 1 is 1.56 bits per heavy atom. The summed E-state index contributed by atoms with van der Waals surface area (Å²) in [5.74, 6) is 0. The van der Waals surface area contributed by atoms with Crippen LogP contribution >= 0.6 is 15.9 Å². The summed E-state index contributed by atoms with van der Waals surface area (Å²) in [6, 6.07) is 3.82. The van der Waals surface area contributed by atoms with Gasteiger partial charge in [0.05, 0.1) is 0 Å². The van der Waals surface area contributed by atoms with Crippen LogP contribution in [0.5, 0.6) is 0 Å². The highest BCUT2D eigenvalue weighted by molar-refractivity contribution is 9.10. The molecule has 0 saturated heterocycles. The van der Waals surface area contributed by atoms with Gasteiger partial charge in [0.2, 0.25) is 0 Å². The third-order valence-electron chi connectivity index (χ3n) is 0.625. The highest BCUT2D eigenvalue weighted by atomic mass is 79.9. The second-order valence-corrected chi connectivity index (χ2v) is 2.09. The van der Waals surface area contributed by atoms with Crippen LogP contribution in [0.1, 0.15) is 0 Å². The quantitative estimate of drug-likeness (QED) is 0.619. The zero-order chi connectivity index (χ0) is 7.11. The number of hydrogen-bond donors (Lipinski definition) is 0. The number of carbonyl (C=O) groups is 1. The fraction of sp³-hybridized carbons (Fsp3) is 0. The third-order valence-corrected chi connectivity index (χ3v) is 1.09. The summed E-state index contributed by atoms with van der Waals surface area (Å²) in [6.45, 7) is 2.00. The summed E-state index contributed by atoms with van der Waals surface area (Å²) >= 11 is 3.25. The van der Waals surface area contributed by atoms with Crippen LogP contribution in [0, 0.1) is 0 Å². The van der Waals surface area contributed by atoms with E-state index in [0.717, 1.165) is 4.47 Å². The zero-order valence-electron chi connectivity index (χ0n) is 4.75. The first-order valence-electron chi connectivity index (χ1n) is 2.24. The molecule has 48 valence electrons. The second kappa shape index (κ2) is 5.44. The molecule has 0 amide bonds. The maximum atomic E-state index is 8.00. The van der Waals surface area contributed by atoms with Crippen molar-refractivity contribution in [1.29, 1.82) is 0 Å². The van der Waals surface area contributed by atoms with Gasteiger partial charge in [-0.2, -0.15) is 0 Å². The van der Waals surface area contributed by atoms with E-state index in [4.69, 9.17) is 4.79 Å². The normalized spacial score (nSPS) is 7.22. The van der Waals surface area contributed by atoms with Crippen molar-refractivity contribution < 1.29 is 4.79 Å². The lowest BCUT2D eigenvalue weighted by Crippen LogP contribution is -1.64. The molecule has 0 radical (unpaired) electrons. The van der Waals surface area contributed by atoms with Crippen molar-refractivity contribution >= 4 is 22.7 Å². The molecule has 0 unspecified atom stereocenters. The number of carbonyl (C=O) groups excluding carboxylic acids is 1. The predicted molar refractivity (Wildman–Crippen MR) is 39.1 cm³/mol. The first-order valence-corrected chi connectivity index (χ1v) is 3.03. The summed E-state index contributed by atoms with van der Waals surface area (Å²) < 4.78 is 1.02. The van der Waals surface area contributed by atoms with Gasteiger partial charge in [0, 0.05) is 16.9 Å². The molecule has 0 fully saturated rings. The summed E-state index contributed by atoms with van der Waals surface area (Å²) in [5, 5.41) is 0. The van der Waals surface area contributed by atoms with Crippen molar-refractivity contribution in [1.82, 2.24) is 4.98 Å². The Labute approximate surface area is 62.1 Å². The second-order valence-electron chi connectivity index (χ2n) is 1.17. The molecule has 1 rings (SSSR count). The number of nitrogens with zero attached hydrogens (tertiary/aromatic N) is 1. The van der Waals surface area contributed by atoms with Crippen LogP contribution in [0.4, 0.5) is 0 Å². The zero-order valence-corrected chi connectivity index (χ0v) is 6.34. The minimum Gasteiger partial charge on any atom is -0.307 e. The molecule has 3 heteroatoms. The summed E-state index contributed by atoms with van der Waals surface area (Å²) in [5.41, 5.74) is 0. The minimum absolute atomic E-state index is 1.02. The van der Waals surface area contributed by atoms with Crippen molar-refractivity contribution in [3.05, 3.63) is 29.0 Å². The Bertz CT molecular complexity index is 154. The van der Waals surface area contributed by atoms with Gasteiger partial charge in [0.25, 0.3) is 0 Å². The van der Waals surface area contributed by atoms with Gasteiger partial charge in [-0.1, -0.05) is 0 Å². The highest BCUT2D eigenvalue weighted by Crippen LogP contribution is 2.02. The molecule has 0 bridgehead atoms. The van der Waals surface area contributed by atoms with E-state index in [2.05, 4.69) is 20.9 Å². The summed E-state index contributed by atoms with van der Waals surface area (Å²) in [4.78, 5) is 11.8. The van der Waals surface area contributed by atoms with E-state index in [0.29, 0.717) is 0 Å². The van der Waals surface area contributed by atoms with Gasteiger partial charge < -0.3 is 4.79 Å². The first-order chi connectivity index (χ1) is 4.39. The van der Waals surface area contributed by atoms with Gasteiger partial charge in [-0.15, -0.1) is 0 Å². The molecule has 0 aliphatic carbocycles. The standard InChI is InChI=1S/C5H4BrN.CH2O/c6-5-2-1-3-7-4-5;1-2/h1-4H;1H2. The summed E-state index contributed by atoms with van der Waals surface area (Å²) in [6.07, 6.45) is 3.49. The maximum Gasteiger partial charge on any atom is 0.106 e.